The van der Waals surface area contributed by atoms with Crippen LogP contribution in [0.25, 0.3) is 0 Å². The highest BCUT2D eigenvalue weighted by molar-refractivity contribution is 7.91. The predicted octanol–water partition coefficient (Wildman–Crippen LogP) is 2.10. The summed E-state index contributed by atoms with van der Waals surface area (Å²) in [5.74, 6) is 0. The topological polar surface area (TPSA) is 74.8 Å². The van der Waals surface area contributed by atoms with Crippen LogP contribution in [0.1, 0.15) is 0 Å². The smallest absolute Gasteiger partial charge is 0.207 e. The molecular weight excluding hydrogens is 392 g/mol. The molecule has 0 amide bonds. The van der Waals surface area contributed by atoms with E-state index in [1.165, 1.54) is 20.7 Å². The van der Waals surface area contributed by atoms with Crippen LogP contribution in [-0.2, 0) is 20.0 Å². The molecule has 1 aliphatic rings. The lowest BCUT2D eigenvalue weighted by atomic mass is 10.4. The highest BCUT2D eigenvalue weighted by atomic mass is 35.5. The van der Waals surface area contributed by atoms with Crippen molar-refractivity contribution in [2.24, 2.45) is 0 Å². The molecule has 1 saturated heterocycles. The molecular formula is C14H15ClN2O4S3. The molecule has 2 aromatic rings. The van der Waals surface area contributed by atoms with Gasteiger partial charge in [0, 0.05) is 26.2 Å². The van der Waals surface area contributed by atoms with E-state index in [1.54, 1.807) is 29.6 Å². The third-order valence-corrected chi connectivity index (χ3v) is 9.41. The Morgan fingerprint density at radius 2 is 1.42 bits per heavy atom. The van der Waals surface area contributed by atoms with E-state index >= 15 is 0 Å². The van der Waals surface area contributed by atoms with Crippen molar-refractivity contribution in [3.05, 3.63) is 46.8 Å². The maximum Gasteiger partial charge on any atom is 0.252 e. The van der Waals surface area contributed by atoms with E-state index in [1.807, 2.05) is 0 Å². The van der Waals surface area contributed by atoms with Crippen molar-refractivity contribution in [1.82, 2.24) is 8.61 Å². The normalized spacial score (nSPS) is 17.9. The van der Waals surface area contributed by atoms with Crippen LogP contribution in [0.5, 0.6) is 0 Å². The molecule has 1 aromatic heterocycles. The van der Waals surface area contributed by atoms with Crippen molar-refractivity contribution in [2.45, 2.75) is 9.10 Å². The first-order valence-corrected chi connectivity index (χ1v) is 11.3. The van der Waals surface area contributed by atoms with Gasteiger partial charge in [0.05, 0.1) is 5.02 Å². The van der Waals surface area contributed by atoms with Gasteiger partial charge in [-0.3, -0.25) is 0 Å². The van der Waals surface area contributed by atoms with Crippen molar-refractivity contribution in [3.8, 4) is 0 Å². The fourth-order valence-corrected chi connectivity index (χ4v) is 6.96. The zero-order chi connectivity index (χ0) is 17.4. The van der Waals surface area contributed by atoms with Gasteiger partial charge in [-0.15, -0.1) is 11.3 Å². The van der Waals surface area contributed by atoms with Crippen molar-refractivity contribution in [1.29, 1.82) is 0 Å². The van der Waals surface area contributed by atoms with Crippen LogP contribution < -0.4 is 0 Å². The molecule has 0 radical (unpaired) electrons. The Bertz CT molecular complexity index is 919. The summed E-state index contributed by atoms with van der Waals surface area (Å²) in [6.07, 6.45) is 0. The third kappa shape index (κ3) is 3.24. The van der Waals surface area contributed by atoms with Gasteiger partial charge in [-0.05, 0) is 23.6 Å². The molecule has 0 saturated carbocycles. The van der Waals surface area contributed by atoms with Gasteiger partial charge in [-0.1, -0.05) is 29.8 Å². The van der Waals surface area contributed by atoms with Gasteiger partial charge in [0.1, 0.15) is 9.10 Å². The van der Waals surface area contributed by atoms with Crippen molar-refractivity contribution in [2.75, 3.05) is 26.2 Å². The molecule has 1 aromatic carbocycles. The van der Waals surface area contributed by atoms with Crippen LogP contribution in [0.3, 0.4) is 0 Å². The van der Waals surface area contributed by atoms with Crippen LogP contribution in [0.15, 0.2) is 50.9 Å². The van der Waals surface area contributed by atoms with Crippen LogP contribution in [0.2, 0.25) is 5.02 Å². The second-order valence-electron chi connectivity index (χ2n) is 5.17. The lowest BCUT2D eigenvalue weighted by Gasteiger charge is -2.33. The SMILES string of the molecule is O=S(=O)(c1cccs1)N1CCN(S(=O)(=O)c2ccccc2Cl)CC1. The third-order valence-electron chi connectivity index (χ3n) is 3.74. The fraction of sp³-hybridized carbons (Fsp3) is 0.286. The Kier molecular flexibility index (Phi) is 5.01. The minimum absolute atomic E-state index is 0.0428. The van der Waals surface area contributed by atoms with Crippen molar-refractivity contribution in [3.63, 3.8) is 0 Å². The first-order valence-electron chi connectivity index (χ1n) is 7.12. The Labute approximate surface area is 150 Å². The molecule has 0 unspecified atom stereocenters. The van der Waals surface area contributed by atoms with Gasteiger partial charge < -0.3 is 0 Å². The van der Waals surface area contributed by atoms with Crippen molar-refractivity contribution < 1.29 is 16.8 Å². The highest BCUT2D eigenvalue weighted by Crippen LogP contribution is 2.27. The van der Waals surface area contributed by atoms with Gasteiger partial charge in [0.25, 0.3) is 10.0 Å². The summed E-state index contributed by atoms with van der Waals surface area (Å²) < 4.78 is 53.1. The first kappa shape index (κ1) is 17.8. The average Bonchev–Trinajstić information content (AvgIpc) is 3.10. The molecule has 0 spiro atoms. The maximum absolute atomic E-state index is 12.7. The average molecular weight is 407 g/mol. The summed E-state index contributed by atoms with van der Waals surface area (Å²) in [6, 6.07) is 9.46. The van der Waals surface area contributed by atoms with Gasteiger partial charge in [-0.25, -0.2) is 16.8 Å². The molecule has 0 aliphatic carbocycles. The summed E-state index contributed by atoms with van der Waals surface area (Å²) in [6.45, 7) is 0.421. The summed E-state index contributed by atoms with van der Waals surface area (Å²) >= 11 is 7.14. The molecule has 1 fully saturated rings. The highest BCUT2D eigenvalue weighted by Gasteiger charge is 2.34. The van der Waals surface area contributed by atoms with E-state index in [0.717, 1.165) is 11.3 Å². The second kappa shape index (κ2) is 6.74. The predicted molar refractivity (Wildman–Crippen MR) is 93.3 cm³/mol. The van der Waals surface area contributed by atoms with Crippen LogP contribution >= 0.6 is 22.9 Å². The number of nitrogens with zero attached hydrogens (tertiary/aromatic N) is 2. The van der Waals surface area contributed by atoms with E-state index in [-0.39, 0.29) is 40.3 Å². The number of halogens is 1. The Morgan fingerprint density at radius 3 is 1.96 bits per heavy atom. The Balaban J connectivity index is 1.77. The molecule has 3 rings (SSSR count). The molecule has 2 heterocycles. The number of hydrogen-bond acceptors (Lipinski definition) is 5. The van der Waals surface area contributed by atoms with E-state index in [9.17, 15) is 16.8 Å². The molecule has 0 bridgehead atoms. The van der Waals surface area contributed by atoms with Gasteiger partial charge in [0.2, 0.25) is 10.0 Å². The van der Waals surface area contributed by atoms with Crippen LogP contribution in [0, 0.1) is 0 Å². The van der Waals surface area contributed by atoms with Crippen molar-refractivity contribution >= 4 is 43.0 Å². The minimum atomic E-state index is -3.73. The number of thiophene rings is 1. The monoisotopic (exact) mass is 406 g/mol. The van der Waals surface area contributed by atoms with E-state index in [0.29, 0.717) is 0 Å². The van der Waals surface area contributed by atoms with Crippen LogP contribution in [0.4, 0.5) is 0 Å². The van der Waals surface area contributed by atoms with Crippen LogP contribution in [-0.4, -0.2) is 51.6 Å². The minimum Gasteiger partial charge on any atom is -0.207 e. The summed E-state index contributed by atoms with van der Waals surface area (Å²) in [5, 5.41) is 1.86. The number of sulfonamides is 2. The fourth-order valence-electron chi connectivity index (χ4n) is 2.48. The summed E-state index contributed by atoms with van der Waals surface area (Å²) in [4.78, 5) is 0.0428. The number of piperazine rings is 1. The molecule has 0 N–H and O–H groups in total. The maximum atomic E-state index is 12.7. The van der Waals surface area contributed by atoms with Gasteiger partial charge in [0.15, 0.2) is 0 Å². The first-order chi connectivity index (χ1) is 11.3. The zero-order valence-corrected chi connectivity index (χ0v) is 15.7. The summed E-state index contributed by atoms with van der Waals surface area (Å²) in [5.41, 5.74) is 0. The quantitative estimate of drug-likeness (QED) is 0.779. The second-order valence-corrected chi connectivity index (χ2v) is 10.6. The van der Waals surface area contributed by atoms with E-state index in [4.69, 9.17) is 11.6 Å². The number of hydrogen-bond donors (Lipinski definition) is 0. The summed E-state index contributed by atoms with van der Waals surface area (Å²) in [7, 11) is -7.29. The lowest BCUT2D eigenvalue weighted by Crippen LogP contribution is -2.50. The van der Waals surface area contributed by atoms with Gasteiger partial charge >= 0.3 is 0 Å². The molecule has 6 nitrogen and oxygen atoms in total. The number of rotatable bonds is 4. The van der Waals surface area contributed by atoms with E-state index < -0.39 is 20.0 Å². The molecule has 130 valence electrons. The van der Waals surface area contributed by atoms with Gasteiger partial charge in [-0.2, -0.15) is 8.61 Å². The molecule has 0 atom stereocenters. The molecule has 10 heteroatoms. The largest absolute Gasteiger partial charge is 0.252 e. The zero-order valence-electron chi connectivity index (χ0n) is 12.5. The Hall–Kier alpha value is -0.970. The lowest BCUT2D eigenvalue weighted by molar-refractivity contribution is 0.273. The van der Waals surface area contributed by atoms with E-state index in [2.05, 4.69) is 0 Å². The number of benzene rings is 1. The molecule has 24 heavy (non-hydrogen) atoms. The Morgan fingerprint density at radius 1 is 0.833 bits per heavy atom. The standard InChI is InChI=1S/C14H15ClN2O4S3/c15-12-4-1-2-5-13(12)23(18,19)16-7-9-17(10-8-16)24(20,21)14-6-3-11-22-14/h1-6,11H,7-10H2. The molecule has 1 aliphatic heterocycles.